The molecule has 0 unspecified atom stereocenters. The molecule has 8 heteroatoms. The molecule has 3 aromatic rings. The number of aromatic nitrogens is 4. The van der Waals surface area contributed by atoms with E-state index >= 15 is 0 Å². The van der Waals surface area contributed by atoms with Gasteiger partial charge < -0.3 is 5.32 Å². The molecule has 0 aliphatic rings. The number of anilines is 1. The smallest absolute Gasteiger partial charge is 0.322 e. The zero-order valence-electron chi connectivity index (χ0n) is 12.8. The quantitative estimate of drug-likeness (QED) is 0.719. The lowest BCUT2D eigenvalue weighted by Gasteiger charge is -2.08. The van der Waals surface area contributed by atoms with Gasteiger partial charge in [-0.05, 0) is 64.9 Å². The van der Waals surface area contributed by atoms with Gasteiger partial charge in [0, 0.05) is 15.7 Å². The average Bonchev–Trinajstić information content (AvgIpc) is 3.02. The summed E-state index contributed by atoms with van der Waals surface area (Å²) in [5.74, 6) is -0.191. The minimum Gasteiger partial charge on any atom is -0.322 e. The zero-order chi connectivity index (χ0) is 17.1. The molecule has 2 N–H and O–H groups in total. The number of carbonyl (C=O) groups excluding carboxylic acids is 1. The number of benzene rings is 2. The normalized spacial score (nSPS) is 10.6. The van der Waals surface area contributed by atoms with Crippen LogP contribution in [-0.4, -0.2) is 26.1 Å². The molecule has 0 bridgehead atoms. The highest BCUT2D eigenvalue weighted by molar-refractivity contribution is 9.10. The predicted molar refractivity (Wildman–Crippen MR) is 93.5 cm³/mol. The van der Waals surface area contributed by atoms with Crippen molar-refractivity contribution in [3.8, 4) is 5.69 Å². The van der Waals surface area contributed by atoms with Crippen molar-refractivity contribution >= 4 is 27.5 Å². The third kappa shape index (κ3) is 3.28. The Morgan fingerprint density at radius 1 is 1.25 bits per heavy atom. The van der Waals surface area contributed by atoms with Crippen LogP contribution in [0, 0.1) is 0 Å². The minimum absolute atomic E-state index is 0.191. The number of hydrogen-bond donors (Lipinski definition) is 2. The topological polar surface area (TPSA) is 92.7 Å². The average molecular weight is 388 g/mol. The Hall–Kier alpha value is -2.74. The van der Waals surface area contributed by atoms with E-state index in [1.54, 1.807) is 30.3 Å². The van der Waals surface area contributed by atoms with Crippen LogP contribution < -0.4 is 11.0 Å². The molecule has 0 saturated heterocycles. The third-order valence-electron chi connectivity index (χ3n) is 3.53. The highest BCUT2D eigenvalue weighted by Gasteiger charge is 2.09. The number of aryl methyl sites for hydroxylation is 1. The van der Waals surface area contributed by atoms with E-state index in [1.165, 1.54) is 0 Å². The number of halogens is 1. The van der Waals surface area contributed by atoms with E-state index in [9.17, 15) is 9.59 Å². The fraction of sp³-hybridized carbons (Fsp3) is 0.125. The summed E-state index contributed by atoms with van der Waals surface area (Å²) in [5, 5.41) is 12.1. The zero-order valence-corrected chi connectivity index (χ0v) is 14.4. The van der Waals surface area contributed by atoms with Gasteiger partial charge in [0.05, 0.1) is 5.69 Å². The van der Waals surface area contributed by atoms with Gasteiger partial charge >= 0.3 is 5.69 Å². The van der Waals surface area contributed by atoms with E-state index in [2.05, 4.69) is 36.8 Å². The summed E-state index contributed by atoms with van der Waals surface area (Å²) in [5.41, 5.74) is 2.42. The fourth-order valence-corrected chi connectivity index (χ4v) is 2.77. The van der Waals surface area contributed by atoms with Gasteiger partial charge in [0.2, 0.25) is 0 Å². The summed E-state index contributed by atoms with van der Waals surface area (Å²) in [7, 11) is 0. The van der Waals surface area contributed by atoms with Gasteiger partial charge in [0.1, 0.15) is 0 Å². The second kappa shape index (κ2) is 6.79. The molecule has 1 amide bonds. The van der Waals surface area contributed by atoms with Crippen LogP contribution in [0.3, 0.4) is 0 Å². The standard InChI is InChI=1S/C16H14BrN5O2/c1-2-10-9-11(3-8-14(10)17)15(23)18-12-4-6-13(7-5-12)22-16(24)19-20-21-22/h3-9H,2H2,1H3,(H,18,23)(H,19,21,24). The fourth-order valence-electron chi connectivity index (χ4n) is 2.24. The minimum atomic E-state index is -0.422. The molecule has 0 aliphatic heterocycles. The van der Waals surface area contributed by atoms with Gasteiger partial charge in [-0.15, -0.1) is 0 Å². The third-order valence-corrected chi connectivity index (χ3v) is 4.30. The molecule has 24 heavy (non-hydrogen) atoms. The van der Waals surface area contributed by atoms with Crippen LogP contribution in [0.4, 0.5) is 5.69 Å². The monoisotopic (exact) mass is 387 g/mol. The van der Waals surface area contributed by atoms with Crippen LogP contribution in [0.25, 0.3) is 5.69 Å². The van der Waals surface area contributed by atoms with E-state index in [0.717, 1.165) is 21.1 Å². The number of aromatic amines is 1. The molecule has 0 atom stereocenters. The lowest BCUT2D eigenvalue weighted by Crippen LogP contribution is -2.16. The summed E-state index contributed by atoms with van der Waals surface area (Å²) >= 11 is 3.47. The SMILES string of the molecule is CCc1cc(C(=O)Nc2ccc(-n3nn[nH]c3=O)cc2)ccc1Br. The number of tetrazole rings is 1. The van der Waals surface area contributed by atoms with Crippen molar-refractivity contribution in [2.75, 3.05) is 5.32 Å². The first-order valence-electron chi connectivity index (χ1n) is 7.29. The Bertz CT molecular complexity index is 930. The first kappa shape index (κ1) is 16.1. The van der Waals surface area contributed by atoms with Gasteiger partial charge in [-0.1, -0.05) is 22.9 Å². The van der Waals surface area contributed by atoms with Gasteiger partial charge in [0.25, 0.3) is 5.91 Å². The Labute approximate surface area is 145 Å². The first-order chi connectivity index (χ1) is 11.6. The van der Waals surface area contributed by atoms with Crippen molar-refractivity contribution in [3.05, 3.63) is 68.5 Å². The lowest BCUT2D eigenvalue weighted by molar-refractivity contribution is 0.102. The van der Waals surface area contributed by atoms with Crippen molar-refractivity contribution in [2.45, 2.75) is 13.3 Å². The van der Waals surface area contributed by atoms with Gasteiger partial charge in [-0.2, -0.15) is 4.68 Å². The molecule has 0 radical (unpaired) electrons. The molecule has 1 aromatic heterocycles. The maximum absolute atomic E-state index is 12.4. The van der Waals surface area contributed by atoms with Crippen molar-refractivity contribution in [1.82, 2.24) is 20.2 Å². The molecular weight excluding hydrogens is 374 g/mol. The van der Waals surface area contributed by atoms with Gasteiger partial charge in [-0.3, -0.25) is 4.79 Å². The highest BCUT2D eigenvalue weighted by atomic mass is 79.9. The summed E-state index contributed by atoms with van der Waals surface area (Å²) < 4.78 is 2.12. The van der Waals surface area contributed by atoms with Crippen LogP contribution in [-0.2, 0) is 6.42 Å². The lowest BCUT2D eigenvalue weighted by atomic mass is 10.1. The molecule has 0 fully saturated rings. The van der Waals surface area contributed by atoms with E-state index in [-0.39, 0.29) is 5.91 Å². The van der Waals surface area contributed by atoms with Crippen LogP contribution >= 0.6 is 15.9 Å². The van der Waals surface area contributed by atoms with Crippen molar-refractivity contribution in [1.29, 1.82) is 0 Å². The molecule has 7 nitrogen and oxygen atoms in total. The maximum atomic E-state index is 12.4. The van der Waals surface area contributed by atoms with Gasteiger partial charge in [-0.25, -0.2) is 9.89 Å². The van der Waals surface area contributed by atoms with Crippen LogP contribution in [0.5, 0.6) is 0 Å². The number of hydrogen-bond acceptors (Lipinski definition) is 4. The van der Waals surface area contributed by atoms with Crippen molar-refractivity contribution < 1.29 is 4.79 Å². The number of nitrogens with one attached hydrogen (secondary N) is 2. The molecular formula is C16H14BrN5O2. The Kier molecular flexibility index (Phi) is 4.57. The Balaban J connectivity index is 1.77. The number of H-pyrrole nitrogens is 1. The summed E-state index contributed by atoms with van der Waals surface area (Å²) in [6.07, 6.45) is 0.836. The summed E-state index contributed by atoms with van der Waals surface area (Å²) in [6, 6.07) is 12.3. The predicted octanol–water partition coefficient (Wildman–Crippen LogP) is 2.53. The molecule has 2 aromatic carbocycles. The van der Waals surface area contributed by atoms with E-state index in [0.29, 0.717) is 16.9 Å². The largest absolute Gasteiger partial charge is 0.365 e. The van der Waals surface area contributed by atoms with E-state index in [1.807, 2.05) is 19.1 Å². The molecule has 122 valence electrons. The van der Waals surface area contributed by atoms with Crippen LogP contribution in [0.15, 0.2) is 51.7 Å². The number of rotatable bonds is 4. The maximum Gasteiger partial charge on any atom is 0.365 e. The Morgan fingerprint density at radius 3 is 2.62 bits per heavy atom. The highest BCUT2D eigenvalue weighted by Crippen LogP contribution is 2.20. The number of carbonyl (C=O) groups is 1. The summed E-state index contributed by atoms with van der Waals surface area (Å²) in [6.45, 7) is 2.03. The molecule has 0 saturated carbocycles. The van der Waals surface area contributed by atoms with Crippen LogP contribution in [0.2, 0.25) is 0 Å². The molecule has 0 spiro atoms. The van der Waals surface area contributed by atoms with E-state index < -0.39 is 5.69 Å². The second-order valence-corrected chi connectivity index (χ2v) is 5.93. The van der Waals surface area contributed by atoms with E-state index in [4.69, 9.17) is 0 Å². The van der Waals surface area contributed by atoms with Gasteiger partial charge in [0.15, 0.2) is 0 Å². The molecule has 0 aliphatic carbocycles. The first-order valence-corrected chi connectivity index (χ1v) is 8.08. The Morgan fingerprint density at radius 2 is 2.00 bits per heavy atom. The number of amides is 1. The number of nitrogens with zero attached hydrogens (tertiary/aromatic N) is 3. The van der Waals surface area contributed by atoms with Crippen LogP contribution in [0.1, 0.15) is 22.8 Å². The van der Waals surface area contributed by atoms with Crippen molar-refractivity contribution in [2.24, 2.45) is 0 Å². The second-order valence-electron chi connectivity index (χ2n) is 5.08. The molecule has 3 rings (SSSR count). The van der Waals surface area contributed by atoms with Crippen molar-refractivity contribution in [3.63, 3.8) is 0 Å². The molecule has 1 heterocycles. The summed E-state index contributed by atoms with van der Waals surface area (Å²) in [4.78, 5) is 23.8.